The number of nitrogens with zero attached hydrogens (tertiary/aromatic N) is 2. The number of ketones is 1. The van der Waals surface area contributed by atoms with Crippen molar-refractivity contribution in [3.63, 3.8) is 0 Å². The Balaban J connectivity index is 1.60. The average Bonchev–Trinajstić information content (AvgIpc) is 2.93. The summed E-state index contributed by atoms with van der Waals surface area (Å²) in [6, 6.07) is 5.93. The van der Waals surface area contributed by atoms with E-state index in [1.165, 1.54) is 12.5 Å². The lowest BCUT2D eigenvalue weighted by molar-refractivity contribution is -0.131. The minimum absolute atomic E-state index is 0.0909. The summed E-state index contributed by atoms with van der Waals surface area (Å²) in [6.45, 7) is 4.95. The number of ether oxygens (including phenoxy) is 1. The maximum atomic E-state index is 12.5. The first-order valence-corrected chi connectivity index (χ1v) is 10.4. The van der Waals surface area contributed by atoms with Crippen LogP contribution < -0.4 is 10.2 Å². The lowest BCUT2D eigenvalue weighted by atomic mass is 10.0. The number of benzene rings is 1. The molecule has 1 fully saturated rings. The van der Waals surface area contributed by atoms with Gasteiger partial charge in [-0.3, -0.25) is 14.5 Å². The van der Waals surface area contributed by atoms with Crippen molar-refractivity contribution >= 4 is 29.4 Å². The van der Waals surface area contributed by atoms with E-state index in [9.17, 15) is 19.2 Å². The highest BCUT2D eigenvalue weighted by molar-refractivity contribution is 5.90. The Morgan fingerprint density at radius 2 is 1.83 bits per heavy atom. The van der Waals surface area contributed by atoms with Crippen LogP contribution in [0.2, 0.25) is 0 Å². The van der Waals surface area contributed by atoms with Crippen LogP contribution in [0, 0.1) is 0 Å². The standard InChI is InChI=1S/C22H29N3O5/c1-15(26)4-3-5-21(28)24-10-8-17-6-7-19(12-18(17)9-11-24)25-14-20(30-22(25)29)13-23-16(2)27/h6-7,12,20H,3-5,8-11,13-14H2,1-2H3,(H,23,27). The number of rotatable bonds is 7. The van der Waals surface area contributed by atoms with E-state index in [-0.39, 0.29) is 23.7 Å². The monoisotopic (exact) mass is 415 g/mol. The summed E-state index contributed by atoms with van der Waals surface area (Å²) in [4.78, 5) is 50.3. The number of cyclic esters (lactones) is 1. The maximum Gasteiger partial charge on any atom is 0.414 e. The molecule has 1 N–H and O–H groups in total. The van der Waals surface area contributed by atoms with Crippen molar-refractivity contribution < 1.29 is 23.9 Å². The number of Topliss-reactive ketones (excluding diaryl/α,β-unsaturated/α-hetero) is 1. The van der Waals surface area contributed by atoms with Gasteiger partial charge in [-0.05, 0) is 49.4 Å². The van der Waals surface area contributed by atoms with Gasteiger partial charge in [-0.2, -0.15) is 0 Å². The third-order valence-corrected chi connectivity index (χ3v) is 5.53. The molecule has 1 aromatic rings. The number of anilines is 1. The van der Waals surface area contributed by atoms with Gasteiger partial charge in [0.25, 0.3) is 0 Å². The van der Waals surface area contributed by atoms with E-state index in [0.717, 1.165) is 24.1 Å². The number of carbonyl (C=O) groups is 4. The van der Waals surface area contributed by atoms with Crippen molar-refractivity contribution in [1.29, 1.82) is 0 Å². The molecule has 2 aliphatic rings. The minimum atomic E-state index is -0.416. The molecule has 0 saturated carbocycles. The molecule has 2 heterocycles. The fourth-order valence-electron chi connectivity index (χ4n) is 3.87. The minimum Gasteiger partial charge on any atom is -0.442 e. The summed E-state index contributed by atoms with van der Waals surface area (Å²) in [5, 5.41) is 2.68. The summed E-state index contributed by atoms with van der Waals surface area (Å²) in [7, 11) is 0. The highest BCUT2D eigenvalue weighted by Crippen LogP contribution is 2.26. The summed E-state index contributed by atoms with van der Waals surface area (Å²) in [5.41, 5.74) is 3.08. The second kappa shape index (κ2) is 9.73. The van der Waals surface area contributed by atoms with E-state index >= 15 is 0 Å². The Morgan fingerprint density at radius 3 is 2.53 bits per heavy atom. The van der Waals surface area contributed by atoms with Gasteiger partial charge in [0.2, 0.25) is 11.8 Å². The molecule has 8 heteroatoms. The van der Waals surface area contributed by atoms with Crippen LogP contribution in [0.1, 0.15) is 44.2 Å². The van der Waals surface area contributed by atoms with Crippen molar-refractivity contribution in [2.24, 2.45) is 0 Å². The van der Waals surface area contributed by atoms with Crippen molar-refractivity contribution in [2.45, 2.75) is 52.1 Å². The first-order chi connectivity index (χ1) is 14.3. The lowest BCUT2D eigenvalue weighted by Crippen LogP contribution is -2.33. The van der Waals surface area contributed by atoms with E-state index in [1.54, 1.807) is 11.8 Å². The molecule has 0 radical (unpaired) electrons. The molecule has 3 rings (SSSR count). The normalized spacial score (nSPS) is 18.5. The largest absolute Gasteiger partial charge is 0.442 e. The third kappa shape index (κ3) is 5.58. The van der Waals surface area contributed by atoms with E-state index in [2.05, 4.69) is 5.32 Å². The average molecular weight is 415 g/mol. The SMILES string of the molecule is CC(=O)CCCC(=O)N1CCc2ccc(N3CC(CNC(C)=O)OC3=O)cc2CC1. The summed E-state index contributed by atoms with van der Waals surface area (Å²) in [6.07, 6.45) is 2.14. The van der Waals surface area contributed by atoms with Crippen LogP contribution in [0.15, 0.2) is 18.2 Å². The highest BCUT2D eigenvalue weighted by Gasteiger charge is 2.32. The van der Waals surface area contributed by atoms with Crippen LogP contribution in [0.3, 0.4) is 0 Å². The Bertz CT molecular complexity index is 838. The van der Waals surface area contributed by atoms with Gasteiger partial charge < -0.3 is 19.7 Å². The molecule has 162 valence electrons. The van der Waals surface area contributed by atoms with Crippen LogP contribution in [-0.2, 0) is 32.0 Å². The predicted molar refractivity (Wildman–Crippen MR) is 111 cm³/mol. The Kier molecular flexibility index (Phi) is 7.07. The van der Waals surface area contributed by atoms with Crippen molar-refractivity contribution in [2.75, 3.05) is 31.1 Å². The quantitative estimate of drug-likeness (QED) is 0.733. The number of carbonyl (C=O) groups excluding carboxylic acids is 4. The summed E-state index contributed by atoms with van der Waals surface area (Å²) >= 11 is 0. The van der Waals surface area contributed by atoms with Gasteiger partial charge in [-0.25, -0.2) is 4.79 Å². The second-order valence-electron chi connectivity index (χ2n) is 7.94. The number of fused-ring (bicyclic) bond motifs is 1. The van der Waals surface area contributed by atoms with Gasteiger partial charge >= 0.3 is 6.09 Å². The Hall–Kier alpha value is -2.90. The molecule has 0 aliphatic carbocycles. The second-order valence-corrected chi connectivity index (χ2v) is 7.94. The molecule has 3 amide bonds. The van der Waals surface area contributed by atoms with Gasteiger partial charge in [0.05, 0.1) is 13.1 Å². The molecule has 0 aromatic heterocycles. The molecule has 2 aliphatic heterocycles. The lowest BCUT2D eigenvalue weighted by Gasteiger charge is -2.20. The van der Waals surface area contributed by atoms with E-state index in [0.29, 0.717) is 45.4 Å². The van der Waals surface area contributed by atoms with E-state index in [4.69, 9.17) is 4.74 Å². The zero-order valence-electron chi connectivity index (χ0n) is 17.6. The van der Waals surface area contributed by atoms with Crippen LogP contribution in [0.4, 0.5) is 10.5 Å². The topological polar surface area (TPSA) is 96.0 Å². The van der Waals surface area contributed by atoms with Gasteiger partial charge in [-0.1, -0.05) is 6.07 Å². The number of hydrogen-bond acceptors (Lipinski definition) is 5. The number of nitrogens with one attached hydrogen (secondary N) is 1. The van der Waals surface area contributed by atoms with Crippen LogP contribution >= 0.6 is 0 Å². The van der Waals surface area contributed by atoms with E-state index < -0.39 is 6.09 Å². The summed E-state index contributed by atoms with van der Waals surface area (Å²) in [5.74, 6) is 0.0430. The fourth-order valence-corrected chi connectivity index (χ4v) is 3.87. The first kappa shape index (κ1) is 21.8. The molecule has 1 unspecified atom stereocenters. The molecular weight excluding hydrogens is 386 g/mol. The fraction of sp³-hybridized carbons (Fsp3) is 0.545. The molecule has 1 aromatic carbocycles. The van der Waals surface area contributed by atoms with Gasteiger partial charge in [-0.15, -0.1) is 0 Å². The smallest absolute Gasteiger partial charge is 0.414 e. The Labute approximate surface area is 176 Å². The van der Waals surface area contributed by atoms with Crippen molar-refractivity contribution in [1.82, 2.24) is 10.2 Å². The zero-order valence-corrected chi connectivity index (χ0v) is 17.6. The van der Waals surface area contributed by atoms with Crippen molar-refractivity contribution in [3.8, 4) is 0 Å². The van der Waals surface area contributed by atoms with E-state index in [1.807, 2.05) is 23.1 Å². The molecule has 0 spiro atoms. The van der Waals surface area contributed by atoms with Crippen LogP contribution in [0.25, 0.3) is 0 Å². The summed E-state index contributed by atoms with van der Waals surface area (Å²) < 4.78 is 5.35. The van der Waals surface area contributed by atoms with Crippen LogP contribution in [-0.4, -0.2) is 60.9 Å². The molecule has 0 bridgehead atoms. The highest BCUT2D eigenvalue weighted by atomic mass is 16.6. The maximum absolute atomic E-state index is 12.5. The Morgan fingerprint density at radius 1 is 1.10 bits per heavy atom. The third-order valence-electron chi connectivity index (χ3n) is 5.53. The molecule has 8 nitrogen and oxygen atoms in total. The van der Waals surface area contributed by atoms with Crippen LogP contribution in [0.5, 0.6) is 0 Å². The molecule has 1 saturated heterocycles. The number of amides is 3. The van der Waals surface area contributed by atoms with Crippen molar-refractivity contribution in [3.05, 3.63) is 29.3 Å². The van der Waals surface area contributed by atoms with Gasteiger partial charge in [0.15, 0.2) is 0 Å². The molecular formula is C22H29N3O5. The van der Waals surface area contributed by atoms with Gasteiger partial charge in [0.1, 0.15) is 11.9 Å². The predicted octanol–water partition coefficient (Wildman–Crippen LogP) is 1.83. The first-order valence-electron chi connectivity index (χ1n) is 10.4. The van der Waals surface area contributed by atoms with Gasteiger partial charge in [0, 0.05) is 38.5 Å². The zero-order chi connectivity index (χ0) is 21.7. The number of hydrogen-bond donors (Lipinski definition) is 1. The molecule has 1 atom stereocenters. The molecule has 30 heavy (non-hydrogen) atoms.